The van der Waals surface area contributed by atoms with Gasteiger partial charge < -0.3 is 29.5 Å². The maximum absolute atomic E-state index is 12.3. The van der Waals surface area contributed by atoms with Crippen LogP contribution in [0.15, 0.2) is 24.3 Å². The van der Waals surface area contributed by atoms with E-state index < -0.39 is 24.7 Å². The zero-order valence-corrected chi connectivity index (χ0v) is 19.7. The summed E-state index contributed by atoms with van der Waals surface area (Å²) < 4.78 is 52.7. The molecule has 2 N–H and O–H groups in total. The Bertz CT molecular complexity index is 716. The highest BCUT2D eigenvalue weighted by molar-refractivity contribution is 5.74. The lowest BCUT2D eigenvalue weighted by Crippen LogP contribution is -2.44. The van der Waals surface area contributed by atoms with Crippen molar-refractivity contribution in [1.82, 2.24) is 10.2 Å². The van der Waals surface area contributed by atoms with Crippen LogP contribution in [0.25, 0.3) is 0 Å². The SMILES string of the molecule is CCCNC(=O)N(CCOCCCC(F)(F)F)CCOc1ccc(CC(OCC)C(=O)O)cc1. The van der Waals surface area contributed by atoms with Crippen molar-refractivity contribution < 1.29 is 42.1 Å². The molecular formula is C23H35F3N2O6. The van der Waals surface area contributed by atoms with Crippen LogP contribution in [0.5, 0.6) is 5.75 Å². The number of carbonyl (C=O) groups excluding carboxylic acids is 1. The Morgan fingerprint density at radius 3 is 2.35 bits per heavy atom. The molecule has 0 aliphatic rings. The molecule has 1 rings (SSSR count). The summed E-state index contributed by atoms with van der Waals surface area (Å²) in [6, 6.07) is 6.64. The number of amides is 2. The number of hydrogen-bond donors (Lipinski definition) is 2. The quantitative estimate of drug-likeness (QED) is 0.321. The summed E-state index contributed by atoms with van der Waals surface area (Å²) in [6.07, 6.45) is -5.14. The third kappa shape index (κ3) is 13.2. The lowest BCUT2D eigenvalue weighted by molar-refractivity contribution is -0.150. The van der Waals surface area contributed by atoms with E-state index in [9.17, 15) is 27.9 Å². The van der Waals surface area contributed by atoms with Gasteiger partial charge in [-0.3, -0.25) is 0 Å². The average molecular weight is 493 g/mol. The smallest absolute Gasteiger partial charge is 0.389 e. The van der Waals surface area contributed by atoms with Crippen LogP contribution in [0.4, 0.5) is 18.0 Å². The second-order valence-electron chi connectivity index (χ2n) is 7.53. The number of urea groups is 1. The van der Waals surface area contributed by atoms with Gasteiger partial charge >= 0.3 is 18.2 Å². The third-order valence-corrected chi connectivity index (χ3v) is 4.69. The molecule has 1 aromatic rings. The summed E-state index contributed by atoms with van der Waals surface area (Å²) in [7, 11) is 0. The molecule has 0 spiro atoms. The van der Waals surface area contributed by atoms with E-state index in [1.165, 1.54) is 4.90 Å². The van der Waals surface area contributed by atoms with Gasteiger partial charge in [-0.15, -0.1) is 0 Å². The number of carbonyl (C=O) groups is 2. The first-order valence-electron chi connectivity index (χ1n) is 11.4. The number of ether oxygens (including phenoxy) is 3. The van der Waals surface area contributed by atoms with E-state index in [1.807, 2.05) is 6.92 Å². The summed E-state index contributed by atoms with van der Waals surface area (Å²) in [6.45, 7) is 5.24. The minimum atomic E-state index is -4.20. The Labute approximate surface area is 198 Å². The molecular weight excluding hydrogens is 457 g/mol. The van der Waals surface area contributed by atoms with E-state index >= 15 is 0 Å². The molecule has 1 unspecified atom stereocenters. The largest absolute Gasteiger partial charge is 0.492 e. The minimum absolute atomic E-state index is 0.0290. The van der Waals surface area contributed by atoms with Gasteiger partial charge in [0.05, 0.1) is 13.2 Å². The number of alkyl halides is 3. The predicted molar refractivity (Wildman–Crippen MR) is 120 cm³/mol. The van der Waals surface area contributed by atoms with Crippen molar-refractivity contribution in [3.05, 3.63) is 29.8 Å². The van der Waals surface area contributed by atoms with Crippen molar-refractivity contribution >= 4 is 12.0 Å². The summed E-state index contributed by atoms with van der Waals surface area (Å²) >= 11 is 0. The van der Waals surface area contributed by atoms with E-state index in [4.69, 9.17) is 14.2 Å². The number of hydrogen-bond acceptors (Lipinski definition) is 5. The van der Waals surface area contributed by atoms with Crippen molar-refractivity contribution in [2.45, 2.75) is 51.8 Å². The van der Waals surface area contributed by atoms with Crippen LogP contribution in [0.2, 0.25) is 0 Å². The molecule has 0 bridgehead atoms. The van der Waals surface area contributed by atoms with Gasteiger partial charge in [-0.25, -0.2) is 9.59 Å². The first-order valence-corrected chi connectivity index (χ1v) is 11.4. The molecule has 0 fully saturated rings. The Hall–Kier alpha value is -2.53. The van der Waals surface area contributed by atoms with Crippen LogP contribution in [0.3, 0.4) is 0 Å². The first-order chi connectivity index (χ1) is 16.2. The zero-order chi connectivity index (χ0) is 25.4. The Morgan fingerprint density at radius 2 is 1.76 bits per heavy atom. The van der Waals surface area contributed by atoms with E-state index in [2.05, 4.69) is 5.32 Å². The van der Waals surface area contributed by atoms with Gasteiger partial charge in [-0.2, -0.15) is 13.2 Å². The molecule has 0 saturated heterocycles. The summed E-state index contributed by atoms with van der Waals surface area (Å²) in [4.78, 5) is 25.1. The van der Waals surface area contributed by atoms with Gasteiger partial charge in [0.25, 0.3) is 0 Å². The molecule has 0 aliphatic heterocycles. The molecule has 1 atom stereocenters. The molecule has 0 aromatic heterocycles. The number of carboxylic acid groups (broad SMARTS) is 1. The van der Waals surface area contributed by atoms with Crippen LogP contribution < -0.4 is 10.1 Å². The number of benzene rings is 1. The first kappa shape index (κ1) is 29.5. The van der Waals surface area contributed by atoms with Crippen molar-refractivity contribution in [1.29, 1.82) is 0 Å². The molecule has 1 aromatic carbocycles. The highest BCUT2D eigenvalue weighted by Crippen LogP contribution is 2.21. The molecule has 0 radical (unpaired) electrons. The molecule has 194 valence electrons. The second-order valence-corrected chi connectivity index (χ2v) is 7.53. The monoisotopic (exact) mass is 492 g/mol. The molecule has 0 aliphatic carbocycles. The molecule has 11 heteroatoms. The maximum atomic E-state index is 12.3. The normalized spacial score (nSPS) is 12.3. The number of carboxylic acids is 1. The number of nitrogens with zero attached hydrogens (tertiary/aromatic N) is 1. The minimum Gasteiger partial charge on any atom is -0.492 e. The Morgan fingerprint density at radius 1 is 1.09 bits per heavy atom. The van der Waals surface area contributed by atoms with Crippen molar-refractivity contribution in [3.8, 4) is 5.75 Å². The summed E-state index contributed by atoms with van der Waals surface area (Å²) in [5.41, 5.74) is 0.788. The Kier molecular flexibility index (Phi) is 14.0. The Balaban J connectivity index is 2.49. The van der Waals surface area contributed by atoms with Gasteiger partial charge in [0.15, 0.2) is 6.10 Å². The predicted octanol–water partition coefficient (Wildman–Crippen LogP) is 3.88. The van der Waals surface area contributed by atoms with Gasteiger partial charge in [0.1, 0.15) is 12.4 Å². The van der Waals surface area contributed by atoms with Crippen molar-refractivity contribution in [2.24, 2.45) is 0 Å². The standard InChI is InChI=1S/C23H35F3N2O6/c1-3-11-27-22(31)28(12-15-32-14-5-10-23(24,25)26)13-16-34-19-8-6-18(7-9-19)17-20(21(29)30)33-4-2/h6-9,20H,3-5,10-17H2,1-2H3,(H,27,31)(H,29,30). The average Bonchev–Trinajstić information content (AvgIpc) is 2.78. The highest BCUT2D eigenvalue weighted by Gasteiger charge is 2.26. The second kappa shape index (κ2) is 16.2. The van der Waals surface area contributed by atoms with Gasteiger partial charge in [-0.1, -0.05) is 19.1 Å². The van der Waals surface area contributed by atoms with E-state index in [0.717, 1.165) is 12.0 Å². The maximum Gasteiger partial charge on any atom is 0.389 e. The topological polar surface area (TPSA) is 97.3 Å². The zero-order valence-electron chi connectivity index (χ0n) is 19.7. The molecule has 0 heterocycles. The number of nitrogens with one attached hydrogen (secondary N) is 1. The molecule has 2 amide bonds. The lowest BCUT2D eigenvalue weighted by Gasteiger charge is -2.23. The third-order valence-electron chi connectivity index (χ3n) is 4.69. The van der Waals surface area contributed by atoms with E-state index in [-0.39, 0.29) is 51.8 Å². The fourth-order valence-corrected chi connectivity index (χ4v) is 2.94. The number of aliphatic carboxylic acids is 1. The summed E-state index contributed by atoms with van der Waals surface area (Å²) in [5, 5.41) is 11.9. The van der Waals surface area contributed by atoms with E-state index in [0.29, 0.717) is 18.9 Å². The van der Waals surface area contributed by atoms with Gasteiger partial charge in [0, 0.05) is 39.1 Å². The van der Waals surface area contributed by atoms with Gasteiger partial charge in [-0.05, 0) is 37.5 Å². The highest BCUT2D eigenvalue weighted by atomic mass is 19.4. The molecule has 34 heavy (non-hydrogen) atoms. The molecule has 0 saturated carbocycles. The van der Waals surface area contributed by atoms with Crippen LogP contribution in [0.1, 0.15) is 38.7 Å². The fourth-order valence-electron chi connectivity index (χ4n) is 2.94. The fraction of sp³-hybridized carbons (Fsp3) is 0.652. The number of rotatable bonds is 17. The van der Waals surface area contributed by atoms with Crippen LogP contribution >= 0.6 is 0 Å². The summed E-state index contributed by atoms with van der Waals surface area (Å²) in [5.74, 6) is -0.461. The van der Waals surface area contributed by atoms with Gasteiger partial charge in [0.2, 0.25) is 0 Å². The number of halogens is 3. The molecule has 8 nitrogen and oxygen atoms in total. The van der Waals surface area contributed by atoms with Crippen molar-refractivity contribution in [3.63, 3.8) is 0 Å². The van der Waals surface area contributed by atoms with Crippen LogP contribution in [-0.2, 0) is 20.7 Å². The van der Waals surface area contributed by atoms with E-state index in [1.54, 1.807) is 31.2 Å². The van der Waals surface area contributed by atoms with Crippen molar-refractivity contribution in [2.75, 3.05) is 46.1 Å². The van der Waals surface area contributed by atoms with Crippen LogP contribution in [0, 0.1) is 0 Å². The lowest BCUT2D eigenvalue weighted by atomic mass is 10.1. The van der Waals surface area contributed by atoms with Crippen LogP contribution in [-0.4, -0.2) is 80.3 Å².